The summed E-state index contributed by atoms with van der Waals surface area (Å²) in [5, 5.41) is 0.562. The highest BCUT2D eigenvalue weighted by molar-refractivity contribution is 6.31. The summed E-state index contributed by atoms with van der Waals surface area (Å²) in [6.45, 7) is 1.92. The summed E-state index contributed by atoms with van der Waals surface area (Å²) in [5.74, 6) is -1.26. The van der Waals surface area contributed by atoms with Gasteiger partial charge in [0.25, 0.3) is 0 Å². The number of aryl methyl sites for hydroxylation is 1. The molecule has 0 bridgehead atoms. The van der Waals surface area contributed by atoms with Gasteiger partial charge in [-0.2, -0.15) is 0 Å². The van der Waals surface area contributed by atoms with Crippen molar-refractivity contribution in [2.75, 3.05) is 0 Å². The molecule has 2 rings (SSSR count). The van der Waals surface area contributed by atoms with Gasteiger partial charge in [-0.25, -0.2) is 8.78 Å². The lowest BCUT2D eigenvalue weighted by molar-refractivity contribution is 0.524. The van der Waals surface area contributed by atoms with Gasteiger partial charge in [0.05, 0.1) is 0 Å². The molecule has 1 atom stereocenters. The topological polar surface area (TPSA) is 26.0 Å². The van der Waals surface area contributed by atoms with Gasteiger partial charge in [0.15, 0.2) is 0 Å². The summed E-state index contributed by atoms with van der Waals surface area (Å²) >= 11 is 6.10. The Morgan fingerprint density at radius 1 is 1.16 bits per heavy atom. The van der Waals surface area contributed by atoms with E-state index in [0.717, 1.165) is 11.1 Å². The predicted octanol–water partition coefficient (Wildman–Crippen LogP) is 4.17. The van der Waals surface area contributed by atoms with Crippen molar-refractivity contribution in [2.24, 2.45) is 5.73 Å². The molecule has 0 heterocycles. The molecule has 0 fully saturated rings. The van der Waals surface area contributed by atoms with Gasteiger partial charge in [-0.3, -0.25) is 0 Å². The van der Waals surface area contributed by atoms with E-state index in [9.17, 15) is 8.78 Å². The average Bonchev–Trinajstić information content (AvgIpc) is 2.32. The molecule has 0 saturated heterocycles. The van der Waals surface area contributed by atoms with Gasteiger partial charge in [-0.15, -0.1) is 0 Å². The van der Waals surface area contributed by atoms with E-state index in [1.807, 2.05) is 19.1 Å². The molecule has 4 heteroatoms. The molecule has 0 spiro atoms. The monoisotopic (exact) mass is 281 g/mol. The van der Waals surface area contributed by atoms with E-state index in [-0.39, 0.29) is 12.0 Å². The van der Waals surface area contributed by atoms with E-state index < -0.39 is 17.7 Å². The third-order valence-corrected chi connectivity index (χ3v) is 3.37. The number of halogens is 3. The SMILES string of the molecule is Cc1ccc(CC(N)c2c(F)cccc2F)c(Cl)c1. The minimum absolute atomic E-state index is 0.0980. The van der Waals surface area contributed by atoms with E-state index in [4.69, 9.17) is 17.3 Å². The first-order valence-electron chi connectivity index (χ1n) is 5.93. The first-order valence-corrected chi connectivity index (χ1v) is 6.31. The standard InChI is InChI=1S/C15H14ClF2N/c1-9-5-6-10(11(16)7-9)8-14(19)15-12(17)3-2-4-13(15)18/h2-7,14H,8,19H2,1H3. The van der Waals surface area contributed by atoms with Gasteiger partial charge in [-0.05, 0) is 42.7 Å². The first-order chi connectivity index (χ1) is 8.99. The lowest BCUT2D eigenvalue weighted by Crippen LogP contribution is -2.17. The number of nitrogens with two attached hydrogens (primary N) is 1. The largest absolute Gasteiger partial charge is 0.323 e. The predicted molar refractivity (Wildman–Crippen MR) is 73.2 cm³/mol. The van der Waals surface area contributed by atoms with Gasteiger partial charge < -0.3 is 5.73 Å². The second-order valence-electron chi connectivity index (χ2n) is 4.54. The average molecular weight is 282 g/mol. The number of hydrogen-bond acceptors (Lipinski definition) is 1. The summed E-state index contributed by atoms with van der Waals surface area (Å²) in [7, 11) is 0. The zero-order chi connectivity index (χ0) is 14.0. The normalized spacial score (nSPS) is 12.5. The Bertz CT molecular complexity index is 578. The van der Waals surface area contributed by atoms with Crippen LogP contribution >= 0.6 is 11.6 Å². The van der Waals surface area contributed by atoms with Gasteiger partial charge >= 0.3 is 0 Å². The molecule has 1 unspecified atom stereocenters. The van der Waals surface area contributed by atoms with Crippen molar-refractivity contribution in [1.82, 2.24) is 0 Å². The van der Waals surface area contributed by atoms with Crippen LogP contribution in [0.25, 0.3) is 0 Å². The number of rotatable bonds is 3. The van der Waals surface area contributed by atoms with Crippen LogP contribution in [0.5, 0.6) is 0 Å². The summed E-state index contributed by atoms with van der Waals surface area (Å²) in [4.78, 5) is 0. The second kappa shape index (κ2) is 5.68. The van der Waals surface area contributed by atoms with Crippen molar-refractivity contribution >= 4 is 11.6 Å². The van der Waals surface area contributed by atoms with Gasteiger partial charge in [0.1, 0.15) is 11.6 Å². The lowest BCUT2D eigenvalue weighted by Gasteiger charge is -2.15. The van der Waals surface area contributed by atoms with E-state index in [1.165, 1.54) is 18.2 Å². The Morgan fingerprint density at radius 3 is 2.37 bits per heavy atom. The number of hydrogen-bond donors (Lipinski definition) is 1. The van der Waals surface area contributed by atoms with Gasteiger partial charge in [0.2, 0.25) is 0 Å². The highest BCUT2D eigenvalue weighted by Crippen LogP contribution is 2.26. The molecule has 2 aromatic carbocycles. The summed E-state index contributed by atoms with van der Waals surface area (Å²) < 4.78 is 27.2. The van der Waals surface area contributed by atoms with Crippen LogP contribution in [0.15, 0.2) is 36.4 Å². The lowest BCUT2D eigenvalue weighted by atomic mass is 9.98. The van der Waals surface area contributed by atoms with Gasteiger partial charge in [0, 0.05) is 16.6 Å². The van der Waals surface area contributed by atoms with Gasteiger partial charge in [-0.1, -0.05) is 29.8 Å². The van der Waals surface area contributed by atoms with Crippen LogP contribution in [-0.4, -0.2) is 0 Å². The molecule has 0 aliphatic rings. The molecule has 0 saturated carbocycles. The molecule has 0 aromatic heterocycles. The molecule has 1 nitrogen and oxygen atoms in total. The maximum Gasteiger partial charge on any atom is 0.130 e. The molecule has 19 heavy (non-hydrogen) atoms. The first kappa shape index (κ1) is 14.0. The highest BCUT2D eigenvalue weighted by Gasteiger charge is 2.17. The Balaban J connectivity index is 2.28. The molecule has 0 radical (unpaired) electrons. The number of benzene rings is 2. The fourth-order valence-electron chi connectivity index (χ4n) is 2.02. The summed E-state index contributed by atoms with van der Waals surface area (Å²) in [6.07, 6.45) is 0.289. The highest BCUT2D eigenvalue weighted by atomic mass is 35.5. The summed E-state index contributed by atoms with van der Waals surface area (Å²) in [6, 6.07) is 8.49. The maximum absolute atomic E-state index is 13.6. The smallest absolute Gasteiger partial charge is 0.130 e. The van der Waals surface area contributed by atoms with Crippen LogP contribution < -0.4 is 5.73 Å². The van der Waals surface area contributed by atoms with Crippen molar-refractivity contribution in [2.45, 2.75) is 19.4 Å². The van der Waals surface area contributed by atoms with Crippen LogP contribution in [0.1, 0.15) is 22.7 Å². The van der Waals surface area contributed by atoms with Crippen LogP contribution in [0, 0.1) is 18.6 Å². The minimum atomic E-state index is -0.763. The van der Waals surface area contributed by atoms with Crippen molar-refractivity contribution in [3.63, 3.8) is 0 Å². The minimum Gasteiger partial charge on any atom is -0.323 e. The molecule has 2 N–H and O–H groups in total. The Morgan fingerprint density at radius 2 is 1.79 bits per heavy atom. The molecule has 0 aliphatic heterocycles. The summed E-state index contributed by atoms with van der Waals surface area (Å²) in [5.41, 5.74) is 7.61. The molecule has 0 amide bonds. The second-order valence-corrected chi connectivity index (χ2v) is 4.95. The van der Waals surface area contributed by atoms with E-state index in [2.05, 4.69) is 0 Å². The van der Waals surface area contributed by atoms with E-state index in [1.54, 1.807) is 6.07 Å². The van der Waals surface area contributed by atoms with E-state index in [0.29, 0.717) is 5.02 Å². The zero-order valence-electron chi connectivity index (χ0n) is 10.5. The fraction of sp³-hybridized carbons (Fsp3) is 0.200. The van der Waals surface area contributed by atoms with Crippen molar-refractivity contribution in [3.05, 3.63) is 69.7 Å². The Labute approximate surface area is 116 Å². The van der Waals surface area contributed by atoms with Crippen molar-refractivity contribution in [3.8, 4) is 0 Å². The fourth-order valence-corrected chi connectivity index (χ4v) is 2.33. The molecule has 0 aliphatic carbocycles. The van der Waals surface area contributed by atoms with Crippen LogP contribution in [0.2, 0.25) is 5.02 Å². The molecule has 2 aromatic rings. The molecule has 100 valence electrons. The zero-order valence-corrected chi connectivity index (χ0v) is 11.2. The van der Waals surface area contributed by atoms with Crippen LogP contribution in [-0.2, 0) is 6.42 Å². The Kier molecular flexibility index (Phi) is 4.17. The third kappa shape index (κ3) is 3.11. The van der Waals surface area contributed by atoms with Crippen molar-refractivity contribution in [1.29, 1.82) is 0 Å². The van der Waals surface area contributed by atoms with Crippen LogP contribution in [0.4, 0.5) is 8.78 Å². The van der Waals surface area contributed by atoms with Crippen molar-refractivity contribution < 1.29 is 8.78 Å². The quantitative estimate of drug-likeness (QED) is 0.898. The molecular formula is C15H14ClF2N. The van der Waals surface area contributed by atoms with Crippen LogP contribution in [0.3, 0.4) is 0 Å². The third-order valence-electron chi connectivity index (χ3n) is 3.02. The maximum atomic E-state index is 13.6. The Hall–Kier alpha value is -1.45. The van der Waals surface area contributed by atoms with E-state index >= 15 is 0 Å². The molecular weight excluding hydrogens is 268 g/mol.